The molecule has 1 unspecified atom stereocenters. The summed E-state index contributed by atoms with van der Waals surface area (Å²) in [6, 6.07) is 20.3. The van der Waals surface area contributed by atoms with Gasteiger partial charge < -0.3 is 19.6 Å². The molecule has 3 aromatic carbocycles. The van der Waals surface area contributed by atoms with Gasteiger partial charge in [-0.15, -0.1) is 0 Å². The molecule has 58 heavy (non-hydrogen) atoms. The number of fused-ring (bicyclic) bond motifs is 1. The maximum absolute atomic E-state index is 13.8. The number of halogens is 1. The van der Waals surface area contributed by atoms with Crippen LogP contribution < -0.4 is 20.0 Å². The minimum absolute atomic E-state index is 0.0924. The number of carbonyl (C=O) groups is 5. The average molecular weight is 803 g/mol. The Morgan fingerprint density at radius 1 is 0.776 bits per heavy atom. The number of likely N-dealkylation sites (tertiary alicyclic amines) is 1. The molecule has 3 aromatic rings. The standard InChI is InChI=1S/C44H47ClN8O5/c45-37-24-34(5-4-31(37)25-46)49-15-11-44(12-16-49)13-17-52(28-44)41(56)30-2-1-3-32(22-30)50-20-18-48(19-21-50)26-29-10-14-51(27-29)33-6-7-35-36(23-33)43(58)53(42(35)57)38-8-9-39(54)47-40(38)55/h1-7,22-24,29,38H,8-21,26-28H2,(H,47,54,55)/t29-,38?/m1/s1. The van der Waals surface area contributed by atoms with E-state index in [1.807, 2.05) is 35.2 Å². The van der Waals surface area contributed by atoms with E-state index < -0.39 is 29.7 Å². The fourth-order valence-corrected chi connectivity index (χ4v) is 10.2. The molecule has 0 saturated carbocycles. The number of nitrogens with one attached hydrogen (secondary N) is 1. The van der Waals surface area contributed by atoms with E-state index in [1.54, 1.807) is 18.2 Å². The minimum atomic E-state index is -0.973. The second-order valence-corrected chi connectivity index (χ2v) is 17.3. The van der Waals surface area contributed by atoms with Crippen molar-refractivity contribution in [2.75, 3.05) is 86.7 Å². The van der Waals surface area contributed by atoms with Gasteiger partial charge in [-0.1, -0.05) is 17.7 Å². The number of benzene rings is 3. The van der Waals surface area contributed by atoms with Crippen molar-refractivity contribution >= 4 is 58.2 Å². The smallest absolute Gasteiger partial charge is 0.262 e. The first kappa shape index (κ1) is 38.1. The lowest BCUT2D eigenvalue weighted by molar-refractivity contribution is -0.136. The molecule has 0 aliphatic carbocycles. The van der Waals surface area contributed by atoms with Crippen LogP contribution >= 0.6 is 11.6 Å². The molecule has 0 aromatic heterocycles. The molecule has 0 bridgehead atoms. The number of piperazine rings is 1. The Morgan fingerprint density at radius 3 is 2.24 bits per heavy atom. The zero-order valence-corrected chi connectivity index (χ0v) is 33.3. The van der Waals surface area contributed by atoms with Crippen molar-refractivity contribution in [3.05, 3.63) is 87.9 Å². The van der Waals surface area contributed by atoms with E-state index in [1.165, 1.54) is 0 Å². The number of anilines is 3. The predicted molar refractivity (Wildman–Crippen MR) is 219 cm³/mol. The molecular weight excluding hydrogens is 756 g/mol. The molecule has 6 aliphatic rings. The Morgan fingerprint density at radius 2 is 1.48 bits per heavy atom. The second kappa shape index (κ2) is 15.4. The van der Waals surface area contributed by atoms with Gasteiger partial charge in [0.15, 0.2) is 0 Å². The zero-order chi connectivity index (χ0) is 40.1. The summed E-state index contributed by atoms with van der Waals surface area (Å²) in [6.07, 6.45) is 4.30. The third-order valence-corrected chi connectivity index (χ3v) is 13.7. The van der Waals surface area contributed by atoms with E-state index in [0.29, 0.717) is 27.6 Å². The van der Waals surface area contributed by atoms with Crippen LogP contribution in [-0.2, 0) is 9.59 Å². The normalized spacial score (nSPS) is 23.5. The van der Waals surface area contributed by atoms with Crippen molar-refractivity contribution in [2.24, 2.45) is 11.3 Å². The van der Waals surface area contributed by atoms with Gasteiger partial charge in [-0.3, -0.25) is 39.1 Å². The van der Waals surface area contributed by atoms with E-state index in [9.17, 15) is 29.2 Å². The molecule has 2 atom stereocenters. The second-order valence-electron chi connectivity index (χ2n) is 16.9. The summed E-state index contributed by atoms with van der Waals surface area (Å²) in [4.78, 5) is 77.1. The summed E-state index contributed by atoms with van der Waals surface area (Å²) in [5, 5.41) is 12.0. The van der Waals surface area contributed by atoms with Crippen LogP contribution in [0.3, 0.4) is 0 Å². The number of hydrogen-bond acceptors (Lipinski definition) is 10. The van der Waals surface area contributed by atoms with Crippen LogP contribution in [0.4, 0.5) is 17.1 Å². The van der Waals surface area contributed by atoms with Crippen LogP contribution in [0.2, 0.25) is 5.02 Å². The molecule has 6 aliphatic heterocycles. The third-order valence-electron chi connectivity index (χ3n) is 13.4. The maximum atomic E-state index is 13.8. The number of piperidine rings is 2. The van der Waals surface area contributed by atoms with Crippen LogP contribution in [0, 0.1) is 22.7 Å². The Hall–Kier alpha value is -5.45. The van der Waals surface area contributed by atoms with Crippen LogP contribution in [0.1, 0.15) is 75.2 Å². The molecule has 14 heteroatoms. The van der Waals surface area contributed by atoms with Crippen molar-refractivity contribution in [2.45, 2.75) is 44.6 Å². The van der Waals surface area contributed by atoms with E-state index >= 15 is 0 Å². The van der Waals surface area contributed by atoms with Gasteiger partial charge in [0.2, 0.25) is 11.8 Å². The third kappa shape index (κ3) is 7.17. The summed E-state index contributed by atoms with van der Waals surface area (Å²) < 4.78 is 0. The largest absolute Gasteiger partial charge is 0.371 e. The van der Waals surface area contributed by atoms with Crippen molar-refractivity contribution < 1.29 is 24.0 Å². The summed E-state index contributed by atoms with van der Waals surface area (Å²) in [7, 11) is 0. The Balaban J connectivity index is 0.750. The Kier molecular flexibility index (Phi) is 10.1. The highest BCUT2D eigenvalue weighted by Gasteiger charge is 2.45. The number of amides is 5. The average Bonchev–Trinajstić information content (AvgIpc) is 3.95. The monoisotopic (exact) mass is 802 g/mol. The molecule has 6 heterocycles. The molecule has 13 nitrogen and oxygen atoms in total. The van der Waals surface area contributed by atoms with Crippen LogP contribution in [0.15, 0.2) is 60.7 Å². The lowest BCUT2D eigenvalue weighted by Crippen LogP contribution is -2.54. The van der Waals surface area contributed by atoms with E-state index in [0.717, 1.165) is 125 Å². The number of imide groups is 2. The molecule has 9 rings (SSSR count). The van der Waals surface area contributed by atoms with Crippen LogP contribution in [0.25, 0.3) is 0 Å². The van der Waals surface area contributed by atoms with E-state index in [-0.39, 0.29) is 24.2 Å². The van der Waals surface area contributed by atoms with E-state index in [2.05, 4.69) is 43.1 Å². The van der Waals surface area contributed by atoms with Crippen molar-refractivity contribution in [1.29, 1.82) is 5.26 Å². The quantitative estimate of drug-likeness (QED) is 0.342. The molecule has 5 amide bonds. The van der Waals surface area contributed by atoms with Gasteiger partial charge in [-0.05, 0) is 98.0 Å². The molecule has 5 fully saturated rings. The maximum Gasteiger partial charge on any atom is 0.262 e. The molecule has 1 N–H and O–H groups in total. The van der Waals surface area contributed by atoms with E-state index in [4.69, 9.17) is 11.6 Å². The van der Waals surface area contributed by atoms with Gasteiger partial charge in [0.25, 0.3) is 17.7 Å². The van der Waals surface area contributed by atoms with Crippen molar-refractivity contribution in [3.8, 4) is 6.07 Å². The predicted octanol–water partition coefficient (Wildman–Crippen LogP) is 4.39. The first-order chi connectivity index (χ1) is 28.1. The van der Waals surface area contributed by atoms with Gasteiger partial charge in [0, 0.05) is 101 Å². The topological polar surface area (TPSA) is 141 Å². The molecule has 1 spiro atoms. The number of carbonyl (C=O) groups excluding carboxylic acids is 5. The van der Waals surface area contributed by atoms with Gasteiger partial charge >= 0.3 is 0 Å². The summed E-state index contributed by atoms with van der Waals surface area (Å²) in [6.45, 7) is 9.67. The summed E-state index contributed by atoms with van der Waals surface area (Å²) >= 11 is 6.32. The zero-order valence-electron chi connectivity index (χ0n) is 32.5. The number of nitriles is 1. The van der Waals surface area contributed by atoms with Gasteiger partial charge in [-0.25, -0.2) is 0 Å². The van der Waals surface area contributed by atoms with Crippen LogP contribution in [0.5, 0.6) is 0 Å². The van der Waals surface area contributed by atoms with Crippen molar-refractivity contribution in [3.63, 3.8) is 0 Å². The molecule has 5 saturated heterocycles. The highest BCUT2D eigenvalue weighted by molar-refractivity contribution is 6.32. The fraction of sp³-hybridized carbons (Fsp3) is 0.455. The minimum Gasteiger partial charge on any atom is -0.371 e. The first-order valence-electron chi connectivity index (χ1n) is 20.5. The lowest BCUT2D eigenvalue weighted by atomic mass is 9.77. The fourth-order valence-electron chi connectivity index (χ4n) is 9.99. The SMILES string of the molecule is N#Cc1ccc(N2CCC3(CCN(C(=O)c4cccc(N5CCN(C[C@H]6CCN(c7ccc8c(c7)C(=O)N(C7CCC(=O)NC7=O)C8=O)C6)CC5)c4)C3)CC2)cc1Cl. The highest BCUT2D eigenvalue weighted by Crippen LogP contribution is 2.42. The van der Waals surface area contributed by atoms with Gasteiger partial charge in [0.1, 0.15) is 12.1 Å². The highest BCUT2D eigenvalue weighted by atomic mass is 35.5. The first-order valence-corrected chi connectivity index (χ1v) is 20.9. The van der Waals surface area contributed by atoms with Crippen LogP contribution in [-0.4, -0.2) is 122 Å². The molecular formula is C44H47ClN8O5. The number of rotatable bonds is 7. The van der Waals surface area contributed by atoms with Gasteiger partial charge in [0.05, 0.1) is 21.7 Å². The molecule has 0 radical (unpaired) electrons. The summed E-state index contributed by atoms with van der Waals surface area (Å²) in [5.74, 6) is -1.40. The van der Waals surface area contributed by atoms with Crippen molar-refractivity contribution in [1.82, 2.24) is 20.0 Å². The lowest BCUT2D eigenvalue weighted by Gasteiger charge is -2.40. The Labute approximate surface area is 343 Å². The molecule has 300 valence electrons. The summed E-state index contributed by atoms with van der Waals surface area (Å²) in [5.41, 5.74) is 5.00. The number of nitrogens with zero attached hydrogens (tertiary/aromatic N) is 7. The Bertz CT molecular complexity index is 2220. The van der Waals surface area contributed by atoms with Gasteiger partial charge in [-0.2, -0.15) is 5.26 Å². The number of hydrogen-bond donors (Lipinski definition) is 1.